The van der Waals surface area contributed by atoms with Crippen LogP contribution in [0.5, 0.6) is 0 Å². The van der Waals surface area contributed by atoms with Crippen molar-refractivity contribution in [2.24, 2.45) is 0 Å². The largest absolute Gasteiger partial charge is 0.456 e. The zero-order valence-electron chi connectivity index (χ0n) is 56.9. The Hall–Kier alpha value is -6.98. The van der Waals surface area contributed by atoms with E-state index in [1.807, 2.05) is 12.1 Å². The molecule has 5 heteroatoms. The standard InChI is InChI=1S/C79H90BN3O/c1-47-37-68-72-69(38-47)83(55-24-28-57-56-27-21-52(75(10,11)12)41-70(56)84-71(57)44-55)66-43-54(81(64-31-22-50(39-48(64)2)73(4,5)6)65-32-23-51(40-49(65)3)74(7,8)9)26-30-62(66)80(72)63-45-60-61(79(19,20)36-35-78(60,17)18)46-67(63)82(68)53-25-29-58-59(42-53)77(15,16)34-33-76(58,13)14/h21-32,37-46H,33-36H2,1-20H3/i1D3. The summed E-state index contributed by atoms with van der Waals surface area (Å²) < 4.78 is 35.3. The van der Waals surface area contributed by atoms with Crippen molar-refractivity contribution in [3.63, 3.8) is 0 Å². The molecule has 430 valence electrons. The highest BCUT2D eigenvalue weighted by molar-refractivity contribution is 7.00. The van der Waals surface area contributed by atoms with Gasteiger partial charge in [0.05, 0.1) is 0 Å². The molecular formula is C79H90BN3O. The number of anilines is 9. The van der Waals surface area contributed by atoms with Crippen LogP contribution in [-0.4, -0.2) is 6.71 Å². The molecule has 0 bridgehead atoms. The van der Waals surface area contributed by atoms with Gasteiger partial charge < -0.3 is 19.1 Å². The highest BCUT2D eigenvalue weighted by Crippen LogP contribution is 2.54. The molecule has 4 aliphatic rings. The summed E-state index contributed by atoms with van der Waals surface area (Å²) in [4.78, 5) is 7.32. The minimum atomic E-state index is -2.44. The first-order valence-electron chi connectivity index (χ1n) is 32.7. The van der Waals surface area contributed by atoms with Gasteiger partial charge in [-0.15, -0.1) is 0 Å². The lowest BCUT2D eigenvalue weighted by molar-refractivity contribution is 0.332. The maximum atomic E-state index is 9.44. The van der Waals surface area contributed by atoms with E-state index in [4.69, 9.17) is 4.42 Å². The number of aryl methyl sites for hydroxylation is 3. The van der Waals surface area contributed by atoms with Crippen molar-refractivity contribution in [2.75, 3.05) is 14.7 Å². The summed E-state index contributed by atoms with van der Waals surface area (Å²) in [6.07, 6.45) is 4.35. The Labute approximate surface area is 508 Å². The van der Waals surface area contributed by atoms with Crippen LogP contribution in [0.4, 0.5) is 51.2 Å². The maximum Gasteiger partial charge on any atom is 0.252 e. The minimum absolute atomic E-state index is 0.0148. The SMILES string of the molecule is [2H]C([2H])([2H])c1cc2c3c(c1)N(c1ccc4c(c1)C(C)(C)CCC4(C)C)c1cc4c(cc1B3c1ccc(N(c3ccc(C(C)(C)C)cc3C)c3ccc(C(C)(C)C)cc3C)cc1N2c1ccc2c(c1)oc1cc(C(C)(C)C)ccc12)C(C)(C)CCC4(C)C. The molecule has 2 aliphatic heterocycles. The van der Waals surface area contributed by atoms with Crippen LogP contribution in [0.3, 0.4) is 0 Å². The van der Waals surface area contributed by atoms with Crippen LogP contribution in [0.25, 0.3) is 21.9 Å². The second-order valence-electron chi connectivity index (χ2n) is 31.6. The fourth-order valence-electron chi connectivity index (χ4n) is 15.0. The van der Waals surface area contributed by atoms with E-state index in [1.54, 1.807) is 0 Å². The molecule has 4 nitrogen and oxygen atoms in total. The molecule has 9 aromatic rings. The number of rotatable bonds is 5. The fourth-order valence-corrected chi connectivity index (χ4v) is 15.0. The number of hydrogen-bond acceptors (Lipinski definition) is 4. The maximum absolute atomic E-state index is 9.44. The van der Waals surface area contributed by atoms with Crippen LogP contribution in [0.2, 0.25) is 0 Å². The fraction of sp³-hybridized carbons (Fsp3) is 0.392. The number of hydrogen-bond donors (Lipinski definition) is 0. The molecule has 0 unspecified atom stereocenters. The molecule has 13 rings (SSSR count). The van der Waals surface area contributed by atoms with Gasteiger partial charge in [0.15, 0.2) is 0 Å². The lowest BCUT2D eigenvalue weighted by Gasteiger charge is -2.48. The summed E-state index contributed by atoms with van der Waals surface area (Å²) >= 11 is 0. The van der Waals surface area contributed by atoms with Crippen molar-refractivity contribution in [3.8, 4) is 0 Å². The van der Waals surface area contributed by atoms with E-state index in [9.17, 15) is 4.11 Å². The van der Waals surface area contributed by atoms with Crippen molar-refractivity contribution in [3.05, 3.63) is 189 Å². The molecule has 0 saturated heterocycles. The summed E-state index contributed by atoms with van der Waals surface area (Å²) in [6.45, 7) is 41.5. The first kappa shape index (κ1) is 52.6. The van der Waals surface area contributed by atoms with Crippen LogP contribution in [0.1, 0.15) is 203 Å². The Balaban J connectivity index is 1.15. The van der Waals surface area contributed by atoms with Gasteiger partial charge in [-0.3, -0.25) is 0 Å². The number of benzene rings is 8. The average Bonchev–Trinajstić information content (AvgIpc) is 1.02. The Morgan fingerprint density at radius 3 is 1.43 bits per heavy atom. The second-order valence-corrected chi connectivity index (χ2v) is 31.6. The molecule has 0 spiro atoms. The predicted octanol–water partition coefficient (Wildman–Crippen LogP) is 20.7. The molecular weight excluding hydrogens is 1020 g/mol. The second kappa shape index (κ2) is 18.5. The molecule has 3 heterocycles. The summed E-state index contributed by atoms with van der Waals surface area (Å²) in [5.41, 5.74) is 25.8. The van der Waals surface area contributed by atoms with E-state index in [-0.39, 0.29) is 44.6 Å². The number of fused-ring (bicyclic) bond motifs is 9. The molecule has 0 fully saturated rings. The molecule has 2 aliphatic carbocycles. The Kier molecular flexibility index (Phi) is 11.6. The normalized spacial score (nSPS) is 18.1. The predicted molar refractivity (Wildman–Crippen MR) is 363 cm³/mol. The van der Waals surface area contributed by atoms with Crippen molar-refractivity contribution in [1.82, 2.24) is 0 Å². The van der Waals surface area contributed by atoms with E-state index in [0.29, 0.717) is 5.56 Å². The van der Waals surface area contributed by atoms with Crippen LogP contribution in [0.15, 0.2) is 138 Å². The van der Waals surface area contributed by atoms with E-state index < -0.39 is 6.85 Å². The van der Waals surface area contributed by atoms with Gasteiger partial charge in [0.1, 0.15) is 11.2 Å². The third kappa shape index (κ3) is 8.89. The molecule has 0 radical (unpaired) electrons. The highest BCUT2D eigenvalue weighted by atomic mass is 16.3. The van der Waals surface area contributed by atoms with E-state index in [0.717, 1.165) is 110 Å². The van der Waals surface area contributed by atoms with Crippen molar-refractivity contribution in [2.45, 2.75) is 202 Å². The van der Waals surface area contributed by atoms with Crippen LogP contribution >= 0.6 is 0 Å². The lowest BCUT2D eigenvalue weighted by atomic mass is 9.33. The molecule has 8 aromatic carbocycles. The molecule has 1 aromatic heterocycles. The Morgan fingerprint density at radius 1 is 0.440 bits per heavy atom. The quantitative estimate of drug-likeness (QED) is 0.160. The molecule has 0 N–H and O–H groups in total. The van der Waals surface area contributed by atoms with Crippen molar-refractivity contribution in [1.29, 1.82) is 0 Å². The van der Waals surface area contributed by atoms with Gasteiger partial charge in [-0.25, -0.2) is 0 Å². The number of nitrogens with zero attached hydrogens (tertiary/aromatic N) is 3. The van der Waals surface area contributed by atoms with Gasteiger partial charge in [-0.05, 0) is 229 Å². The van der Waals surface area contributed by atoms with Crippen molar-refractivity contribution < 1.29 is 8.53 Å². The van der Waals surface area contributed by atoms with Gasteiger partial charge in [0.2, 0.25) is 0 Å². The molecule has 84 heavy (non-hydrogen) atoms. The number of furan rings is 1. The van der Waals surface area contributed by atoms with Crippen molar-refractivity contribution >= 4 is 96.2 Å². The monoisotopic (exact) mass is 1110 g/mol. The minimum Gasteiger partial charge on any atom is -0.456 e. The topological polar surface area (TPSA) is 22.9 Å². The zero-order valence-corrected chi connectivity index (χ0v) is 53.9. The van der Waals surface area contributed by atoms with E-state index in [1.165, 1.54) is 55.5 Å². The van der Waals surface area contributed by atoms with Gasteiger partial charge in [-0.2, -0.15) is 0 Å². The van der Waals surface area contributed by atoms with Gasteiger partial charge >= 0.3 is 0 Å². The highest BCUT2D eigenvalue weighted by Gasteiger charge is 2.48. The third-order valence-electron chi connectivity index (χ3n) is 20.6. The van der Waals surface area contributed by atoms with Crippen LogP contribution in [-0.2, 0) is 37.9 Å². The summed E-state index contributed by atoms with van der Waals surface area (Å²) in [7, 11) is 0. The zero-order chi connectivity index (χ0) is 62.4. The van der Waals surface area contributed by atoms with Crippen LogP contribution < -0.4 is 31.1 Å². The summed E-state index contributed by atoms with van der Waals surface area (Å²) in [5, 5.41) is 2.11. The first-order chi connectivity index (χ1) is 40.4. The summed E-state index contributed by atoms with van der Waals surface area (Å²) in [6, 6.07) is 50.7. The molecule has 0 saturated carbocycles. The lowest BCUT2D eigenvalue weighted by Crippen LogP contribution is -2.62. The van der Waals surface area contributed by atoms with Crippen LogP contribution in [0, 0.1) is 20.7 Å². The first-order valence-corrected chi connectivity index (χ1v) is 31.2. The van der Waals surface area contributed by atoms with Gasteiger partial charge in [0, 0.05) is 72.1 Å². The Morgan fingerprint density at radius 2 is 0.893 bits per heavy atom. The average molecular weight is 1110 g/mol. The molecule has 0 atom stereocenters. The third-order valence-corrected chi connectivity index (χ3v) is 20.6. The smallest absolute Gasteiger partial charge is 0.252 e. The van der Waals surface area contributed by atoms with E-state index >= 15 is 0 Å². The van der Waals surface area contributed by atoms with Gasteiger partial charge in [0.25, 0.3) is 6.71 Å². The summed E-state index contributed by atoms with van der Waals surface area (Å²) in [5.74, 6) is 0. The van der Waals surface area contributed by atoms with E-state index in [2.05, 4.69) is 268 Å². The Bertz CT molecular complexity index is 4280. The van der Waals surface area contributed by atoms with Gasteiger partial charge in [-0.1, -0.05) is 172 Å². The molecule has 0 amide bonds.